The summed E-state index contributed by atoms with van der Waals surface area (Å²) in [5.74, 6) is 3.34. The molecule has 0 aromatic heterocycles. The number of aliphatic hydroxyl groups is 1. The fourth-order valence-electron chi connectivity index (χ4n) is 1.76. The van der Waals surface area contributed by atoms with Crippen molar-refractivity contribution in [2.24, 2.45) is 0 Å². The van der Waals surface area contributed by atoms with Crippen molar-refractivity contribution in [3.8, 4) is 0 Å². The van der Waals surface area contributed by atoms with Crippen LogP contribution in [0.5, 0.6) is 0 Å². The smallest absolute Gasteiger partial charge is 0.251 e. The maximum absolute atomic E-state index is 12.0. The van der Waals surface area contributed by atoms with Gasteiger partial charge in [-0.05, 0) is 18.2 Å². The first-order valence-corrected chi connectivity index (χ1v) is 9.11. The van der Waals surface area contributed by atoms with Crippen LogP contribution in [-0.4, -0.2) is 46.2 Å². The monoisotopic (exact) mass is 361 g/mol. The molecule has 1 fully saturated rings. The fourth-order valence-corrected chi connectivity index (χ4v) is 4.69. The molecule has 6 heteroatoms. The molecule has 104 valence electrons. The third-order valence-corrected chi connectivity index (χ3v) is 6.00. The van der Waals surface area contributed by atoms with Crippen LogP contribution < -0.4 is 5.32 Å². The summed E-state index contributed by atoms with van der Waals surface area (Å²) in [5, 5.41) is 13.3. The summed E-state index contributed by atoms with van der Waals surface area (Å²) >= 11 is 6.83. The number of hydrogen-bond donors (Lipinski definition) is 2. The van der Waals surface area contributed by atoms with Crippen molar-refractivity contribution >= 4 is 45.4 Å². The van der Waals surface area contributed by atoms with E-state index in [1.165, 1.54) is 0 Å². The third-order valence-electron chi connectivity index (χ3n) is 2.78. The van der Waals surface area contributed by atoms with Gasteiger partial charge in [-0.25, -0.2) is 0 Å². The van der Waals surface area contributed by atoms with Crippen molar-refractivity contribution in [2.75, 3.05) is 29.6 Å². The molecule has 3 nitrogen and oxygen atoms in total. The van der Waals surface area contributed by atoms with Crippen LogP contribution in [0.2, 0.25) is 0 Å². The van der Waals surface area contributed by atoms with Crippen LogP contribution in [0.15, 0.2) is 28.7 Å². The van der Waals surface area contributed by atoms with Gasteiger partial charge in [-0.3, -0.25) is 4.79 Å². The Kier molecular flexibility index (Phi) is 5.62. The topological polar surface area (TPSA) is 49.3 Å². The Morgan fingerprint density at radius 1 is 1.37 bits per heavy atom. The zero-order valence-corrected chi connectivity index (χ0v) is 13.6. The van der Waals surface area contributed by atoms with Gasteiger partial charge in [-0.15, -0.1) is 0 Å². The molecule has 0 spiro atoms. The number of benzene rings is 1. The van der Waals surface area contributed by atoms with Gasteiger partial charge in [-0.2, -0.15) is 23.5 Å². The molecule has 0 unspecified atom stereocenters. The molecular formula is C13H16BrNO2S2. The first kappa shape index (κ1) is 15.2. The standard InChI is InChI=1S/C13H16BrNO2S2/c14-11-3-1-2-10(6-11)12(16)15-7-13(17)8-18-4-5-19-9-13/h1-3,6,17H,4-5,7-9H2,(H,15,16). The zero-order chi connectivity index (χ0) is 13.7. The van der Waals surface area contributed by atoms with E-state index in [4.69, 9.17) is 0 Å². The molecule has 0 bridgehead atoms. The summed E-state index contributed by atoms with van der Waals surface area (Å²) in [4.78, 5) is 12.0. The summed E-state index contributed by atoms with van der Waals surface area (Å²) in [7, 11) is 0. The molecule has 1 aliphatic rings. The van der Waals surface area contributed by atoms with Crippen LogP contribution in [0.25, 0.3) is 0 Å². The largest absolute Gasteiger partial charge is 0.386 e. The summed E-state index contributed by atoms with van der Waals surface area (Å²) < 4.78 is 0.874. The molecule has 0 aliphatic carbocycles. The van der Waals surface area contributed by atoms with Gasteiger partial charge in [0.05, 0.1) is 5.60 Å². The van der Waals surface area contributed by atoms with Crippen molar-refractivity contribution < 1.29 is 9.90 Å². The van der Waals surface area contributed by atoms with E-state index in [-0.39, 0.29) is 5.91 Å². The number of rotatable bonds is 3. The van der Waals surface area contributed by atoms with Crippen molar-refractivity contribution in [1.29, 1.82) is 0 Å². The lowest BCUT2D eigenvalue weighted by atomic mass is 10.1. The molecule has 0 radical (unpaired) electrons. The predicted molar refractivity (Wildman–Crippen MR) is 86.1 cm³/mol. The van der Waals surface area contributed by atoms with E-state index in [1.54, 1.807) is 35.7 Å². The van der Waals surface area contributed by atoms with Crippen molar-refractivity contribution in [3.05, 3.63) is 34.3 Å². The Morgan fingerprint density at radius 3 is 2.68 bits per heavy atom. The fraction of sp³-hybridized carbons (Fsp3) is 0.462. The Labute approximate surface area is 130 Å². The molecular weight excluding hydrogens is 346 g/mol. The lowest BCUT2D eigenvalue weighted by Gasteiger charge is -2.25. The molecule has 1 aromatic rings. The van der Waals surface area contributed by atoms with Gasteiger partial charge in [0.25, 0.3) is 5.91 Å². The number of thioether (sulfide) groups is 2. The molecule has 2 rings (SSSR count). The van der Waals surface area contributed by atoms with E-state index in [0.717, 1.165) is 16.0 Å². The number of carbonyl (C=O) groups is 1. The lowest BCUT2D eigenvalue weighted by Crippen LogP contribution is -2.46. The summed E-state index contributed by atoms with van der Waals surface area (Å²) in [5.41, 5.74) is -0.194. The van der Waals surface area contributed by atoms with Gasteiger partial charge in [-0.1, -0.05) is 22.0 Å². The lowest BCUT2D eigenvalue weighted by molar-refractivity contribution is 0.0753. The van der Waals surface area contributed by atoms with Gasteiger partial charge in [0.1, 0.15) is 0 Å². The van der Waals surface area contributed by atoms with E-state index in [1.807, 2.05) is 12.1 Å². The van der Waals surface area contributed by atoms with Crippen LogP contribution in [0, 0.1) is 0 Å². The van der Waals surface area contributed by atoms with Crippen molar-refractivity contribution in [3.63, 3.8) is 0 Å². The zero-order valence-electron chi connectivity index (χ0n) is 10.4. The highest BCUT2D eigenvalue weighted by atomic mass is 79.9. The van der Waals surface area contributed by atoms with Crippen LogP contribution in [0.3, 0.4) is 0 Å². The van der Waals surface area contributed by atoms with Crippen LogP contribution in [-0.2, 0) is 0 Å². The van der Waals surface area contributed by atoms with E-state index >= 15 is 0 Å². The van der Waals surface area contributed by atoms with Gasteiger partial charge in [0, 0.05) is 39.6 Å². The molecule has 2 N–H and O–H groups in total. The van der Waals surface area contributed by atoms with E-state index < -0.39 is 5.60 Å². The van der Waals surface area contributed by atoms with E-state index in [2.05, 4.69) is 21.2 Å². The third kappa shape index (κ3) is 4.70. The Balaban J connectivity index is 1.92. The van der Waals surface area contributed by atoms with Crippen LogP contribution >= 0.6 is 39.5 Å². The summed E-state index contributed by atoms with van der Waals surface area (Å²) in [6, 6.07) is 7.24. The highest BCUT2D eigenvalue weighted by Gasteiger charge is 2.29. The number of carbonyl (C=O) groups excluding carboxylic acids is 1. The second-order valence-corrected chi connectivity index (χ2v) is 7.65. The first-order valence-electron chi connectivity index (χ1n) is 6.01. The number of nitrogens with one attached hydrogen (secondary N) is 1. The predicted octanol–water partition coefficient (Wildman–Crippen LogP) is 2.39. The minimum absolute atomic E-state index is 0.144. The van der Waals surface area contributed by atoms with Gasteiger partial charge < -0.3 is 10.4 Å². The second-order valence-electron chi connectivity index (χ2n) is 4.52. The Hall–Kier alpha value is -0.170. The number of hydrogen-bond acceptors (Lipinski definition) is 4. The second kappa shape index (κ2) is 7.02. The molecule has 1 aromatic carbocycles. The molecule has 1 aliphatic heterocycles. The van der Waals surface area contributed by atoms with Crippen LogP contribution in [0.4, 0.5) is 0 Å². The average molecular weight is 362 g/mol. The molecule has 1 amide bonds. The highest BCUT2D eigenvalue weighted by molar-refractivity contribution is 9.10. The normalized spacial score (nSPS) is 18.6. The van der Waals surface area contributed by atoms with E-state index in [0.29, 0.717) is 23.6 Å². The minimum atomic E-state index is -0.798. The van der Waals surface area contributed by atoms with Crippen LogP contribution in [0.1, 0.15) is 10.4 Å². The SMILES string of the molecule is O=C(NCC1(O)CSCCSC1)c1cccc(Br)c1. The molecule has 1 heterocycles. The number of halogens is 1. The van der Waals surface area contributed by atoms with Gasteiger partial charge in [0.2, 0.25) is 0 Å². The highest BCUT2D eigenvalue weighted by Crippen LogP contribution is 2.24. The molecule has 19 heavy (non-hydrogen) atoms. The van der Waals surface area contributed by atoms with E-state index in [9.17, 15) is 9.90 Å². The van der Waals surface area contributed by atoms with Crippen molar-refractivity contribution in [2.45, 2.75) is 5.60 Å². The number of amides is 1. The minimum Gasteiger partial charge on any atom is -0.386 e. The first-order chi connectivity index (χ1) is 9.09. The molecule has 0 atom stereocenters. The quantitative estimate of drug-likeness (QED) is 0.867. The Morgan fingerprint density at radius 2 is 2.05 bits per heavy atom. The molecule has 1 saturated heterocycles. The van der Waals surface area contributed by atoms with Gasteiger partial charge >= 0.3 is 0 Å². The summed E-state index contributed by atoms with van der Waals surface area (Å²) in [6.45, 7) is 0.304. The van der Waals surface area contributed by atoms with Crippen molar-refractivity contribution in [1.82, 2.24) is 5.32 Å². The maximum atomic E-state index is 12.0. The van der Waals surface area contributed by atoms with Gasteiger partial charge in [0.15, 0.2) is 0 Å². The summed E-state index contributed by atoms with van der Waals surface area (Å²) in [6.07, 6.45) is 0. The Bertz CT molecular complexity index is 448. The maximum Gasteiger partial charge on any atom is 0.251 e. The average Bonchev–Trinajstić information content (AvgIpc) is 2.61. The molecule has 0 saturated carbocycles.